The van der Waals surface area contributed by atoms with Gasteiger partial charge in [0.05, 0.1) is 0 Å². The molecule has 2 rings (SSSR count). The van der Waals surface area contributed by atoms with Gasteiger partial charge in [0.2, 0.25) is 5.91 Å². The third-order valence-corrected chi connectivity index (χ3v) is 3.55. The van der Waals surface area contributed by atoms with Crippen molar-refractivity contribution >= 4 is 11.9 Å². The van der Waals surface area contributed by atoms with E-state index in [1.807, 2.05) is 37.5 Å². The van der Waals surface area contributed by atoms with Crippen LogP contribution in [-0.4, -0.2) is 52.5 Å². The van der Waals surface area contributed by atoms with Crippen molar-refractivity contribution in [3.8, 4) is 0 Å². The van der Waals surface area contributed by atoms with Gasteiger partial charge in [0.15, 0.2) is 0 Å². The van der Waals surface area contributed by atoms with Gasteiger partial charge in [-0.1, -0.05) is 0 Å². The molecule has 0 atom stereocenters. The highest BCUT2D eigenvalue weighted by Crippen LogP contribution is 2.45. The Labute approximate surface area is 109 Å². The third-order valence-electron chi connectivity index (χ3n) is 3.55. The zero-order valence-electron chi connectivity index (χ0n) is 11.7. The Balaban J connectivity index is 2.11. The molecule has 1 amide bonds. The fraction of sp³-hybridized carbons (Fsp3) is 0.846. The molecule has 1 aliphatic heterocycles. The Morgan fingerprint density at radius 1 is 1.39 bits per heavy atom. The number of carbonyl (C=O) groups excluding carboxylic acids is 1. The summed E-state index contributed by atoms with van der Waals surface area (Å²) in [7, 11) is 0. The molecule has 18 heavy (non-hydrogen) atoms. The molecular formula is C13H23N3O2. The maximum Gasteiger partial charge on any atom is 0.285 e. The standard InChI is InChI=1S/C13H23N3O2/c1-5-15-8-9-16(11(14)18-12(2,3)4)13(6-7-13)10(15)17/h14H,5-9H2,1-4H3. The molecular weight excluding hydrogens is 230 g/mol. The van der Waals surface area contributed by atoms with Crippen molar-refractivity contribution in [2.75, 3.05) is 19.6 Å². The fourth-order valence-electron chi connectivity index (χ4n) is 2.49. The Hall–Kier alpha value is -1.26. The second kappa shape index (κ2) is 4.14. The molecule has 0 bridgehead atoms. The lowest BCUT2D eigenvalue weighted by Gasteiger charge is -2.42. The summed E-state index contributed by atoms with van der Waals surface area (Å²) in [6.45, 7) is 9.91. The second-order valence-corrected chi connectivity index (χ2v) is 6.09. The number of likely N-dealkylation sites (N-methyl/N-ethyl adjacent to an activating group) is 1. The van der Waals surface area contributed by atoms with Crippen molar-refractivity contribution < 1.29 is 9.53 Å². The smallest absolute Gasteiger partial charge is 0.285 e. The number of amides is 1. The first-order chi connectivity index (χ1) is 8.30. The topological polar surface area (TPSA) is 56.6 Å². The first kappa shape index (κ1) is 13.2. The summed E-state index contributed by atoms with van der Waals surface area (Å²) in [5.74, 6) is 0.165. The number of nitrogens with zero attached hydrogens (tertiary/aromatic N) is 2. The van der Waals surface area contributed by atoms with E-state index in [1.54, 1.807) is 0 Å². The summed E-state index contributed by atoms with van der Waals surface area (Å²) >= 11 is 0. The lowest BCUT2D eigenvalue weighted by Crippen LogP contribution is -2.61. The van der Waals surface area contributed by atoms with Gasteiger partial charge in [0.1, 0.15) is 11.1 Å². The summed E-state index contributed by atoms with van der Waals surface area (Å²) in [4.78, 5) is 16.1. The molecule has 2 fully saturated rings. The largest absolute Gasteiger partial charge is 0.460 e. The fourth-order valence-corrected chi connectivity index (χ4v) is 2.49. The average molecular weight is 253 g/mol. The van der Waals surface area contributed by atoms with Crippen LogP contribution in [0.4, 0.5) is 0 Å². The predicted molar refractivity (Wildman–Crippen MR) is 69.5 cm³/mol. The molecule has 1 aliphatic carbocycles. The molecule has 0 aromatic heterocycles. The normalized spacial score (nSPS) is 22.3. The molecule has 0 radical (unpaired) electrons. The number of hydrogen-bond acceptors (Lipinski definition) is 3. The van der Waals surface area contributed by atoms with E-state index in [2.05, 4.69) is 0 Å². The zero-order chi connectivity index (χ0) is 13.6. The van der Waals surface area contributed by atoms with Gasteiger partial charge in [-0.25, -0.2) is 0 Å². The first-order valence-electron chi connectivity index (χ1n) is 6.65. The Morgan fingerprint density at radius 2 is 2.00 bits per heavy atom. The highest BCUT2D eigenvalue weighted by atomic mass is 16.5. The predicted octanol–water partition coefficient (Wildman–Crippen LogP) is 1.43. The van der Waals surface area contributed by atoms with Crippen molar-refractivity contribution in [2.45, 2.75) is 51.7 Å². The molecule has 5 heteroatoms. The van der Waals surface area contributed by atoms with Gasteiger partial charge in [0.25, 0.3) is 6.02 Å². The lowest BCUT2D eigenvalue weighted by molar-refractivity contribution is -0.142. The molecule has 5 nitrogen and oxygen atoms in total. The third kappa shape index (κ3) is 2.18. The number of ether oxygens (including phenoxy) is 1. The van der Waals surface area contributed by atoms with Crippen molar-refractivity contribution in [2.24, 2.45) is 0 Å². The number of rotatable bonds is 1. The van der Waals surface area contributed by atoms with Crippen LogP contribution in [0.5, 0.6) is 0 Å². The van der Waals surface area contributed by atoms with Crippen LogP contribution in [0.1, 0.15) is 40.5 Å². The van der Waals surface area contributed by atoms with Gasteiger partial charge in [0, 0.05) is 19.6 Å². The minimum atomic E-state index is -0.462. The molecule has 1 spiro atoms. The molecule has 2 aliphatic rings. The maximum absolute atomic E-state index is 12.4. The quantitative estimate of drug-likeness (QED) is 0.568. The van der Waals surface area contributed by atoms with Crippen LogP contribution in [0, 0.1) is 5.41 Å². The molecule has 1 N–H and O–H groups in total. The second-order valence-electron chi connectivity index (χ2n) is 6.09. The van der Waals surface area contributed by atoms with Gasteiger partial charge in [-0.3, -0.25) is 10.2 Å². The summed E-state index contributed by atoms with van der Waals surface area (Å²) in [6, 6.07) is 0.143. The minimum absolute atomic E-state index is 0.143. The van der Waals surface area contributed by atoms with Gasteiger partial charge in [-0.15, -0.1) is 0 Å². The maximum atomic E-state index is 12.4. The van der Waals surface area contributed by atoms with Gasteiger partial charge >= 0.3 is 0 Å². The first-order valence-corrected chi connectivity index (χ1v) is 6.65. The van der Waals surface area contributed by atoms with E-state index in [0.717, 1.165) is 19.4 Å². The van der Waals surface area contributed by atoms with Crippen LogP contribution < -0.4 is 0 Å². The van der Waals surface area contributed by atoms with E-state index < -0.39 is 11.1 Å². The van der Waals surface area contributed by atoms with Crippen molar-refractivity contribution in [3.05, 3.63) is 0 Å². The van der Waals surface area contributed by atoms with E-state index >= 15 is 0 Å². The van der Waals surface area contributed by atoms with E-state index in [9.17, 15) is 4.79 Å². The van der Waals surface area contributed by atoms with Crippen LogP contribution in [0.3, 0.4) is 0 Å². The van der Waals surface area contributed by atoms with Crippen molar-refractivity contribution in [3.63, 3.8) is 0 Å². The van der Waals surface area contributed by atoms with Crippen LogP contribution in [0.2, 0.25) is 0 Å². The Kier molecular flexibility index (Phi) is 3.03. The van der Waals surface area contributed by atoms with Crippen molar-refractivity contribution in [1.82, 2.24) is 9.80 Å². The summed E-state index contributed by atoms with van der Waals surface area (Å²) in [6.07, 6.45) is 1.69. The van der Waals surface area contributed by atoms with Crippen LogP contribution >= 0.6 is 0 Å². The van der Waals surface area contributed by atoms with Crippen LogP contribution in [-0.2, 0) is 9.53 Å². The average Bonchev–Trinajstić information content (AvgIpc) is 3.01. The summed E-state index contributed by atoms with van der Waals surface area (Å²) in [5, 5.41) is 8.08. The highest BCUT2D eigenvalue weighted by molar-refractivity contribution is 5.94. The van der Waals surface area contributed by atoms with E-state index in [-0.39, 0.29) is 11.9 Å². The van der Waals surface area contributed by atoms with E-state index in [4.69, 9.17) is 10.1 Å². The lowest BCUT2D eigenvalue weighted by atomic mass is 10.1. The number of hydrogen-bond donors (Lipinski definition) is 1. The molecule has 0 aromatic rings. The minimum Gasteiger partial charge on any atom is -0.460 e. The molecule has 102 valence electrons. The van der Waals surface area contributed by atoms with E-state index in [1.165, 1.54) is 0 Å². The Bertz CT molecular complexity index is 369. The van der Waals surface area contributed by atoms with Crippen LogP contribution in [0.15, 0.2) is 0 Å². The number of amidine groups is 1. The molecule has 0 aromatic carbocycles. The number of piperazine rings is 1. The van der Waals surface area contributed by atoms with Gasteiger partial charge in [-0.05, 0) is 40.5 Å². The van der Waals surface area contributed by atoms with Gasteiger partial charge in [-0.2, -0.15) is 0 Å². The molecule has 0 unspecified atom stereocenters. The highest BCUT2D eigenvalue weighted by Gasteiger charge is 2.59. The van der Waals surface area contributed by atoms with Crippen LogP contribution in [0.25, 0.3) is 0 Å². The van der Waals surface area contributed by atoms with Crippen molar-refractivity contribution in [1.29, 1.82) is 5.41 Å². The molecule has 1 saturated carbocycles. The Morgan fingerprint density at radius 3 is 2.44 bits per heavy atom. The molecule has 1 heterocycles. The van der Waals surface area contributed by atoms with Gasteiger partial charge < -0.3 is 14.5 Å². The monoisotopic (exact) mass is 253 g/mol. The zero-order valence-corrected chi connectivity index (χ0v) is 11.7. The van der Waals surface area contributed by atoms with E-state index in [0.29, 0.717) is 13.1 Å². The summed E-state index contributed by atoms with van der Waals surface area (Å²) < 4.78 is 5.61. The number of carbonyl (C=O) groups is 1. The SMILES string of the molecule is CCN1CCN(C(=N)OC(C)(C)C)C2(CC2)C1=O. The molecule has 1 saturated heterocycles. The number of nitrogens with one attached hydrogen (secondary N) is 1. The summed E-state index contributed by atoms with van der Waals surface area (Å²) in [5.41, 5.74) is -0.852.